The van der Waals surface area contributed by atoms with Gasteiger partial charge in [-0.25, -0.2) is 0 Å². The molecule has 1 heterocycles. The average molecular weight is 436 g/mol. The van der Waals surface area contributed by atoms with Crippen molar-refractivity contribution in [1.29, 1.82) is 0 Å². The highest BCUT2D eigenvalue weighted by atomic mass is 127. The Balaban J connectivity index is 1.84. The molecule has 3 rings (SSSR count). The van der Waals surface area contributed by atoms with Gasteiger partial charge in [-0.1, -0.05) is 95.0 Å². The second-order valence-corrected chi connectivity index (χ2v) is 7.87. The predicted octanol–water partition coefficient (Wildman–Crippen LogP) is 5.16. The fourth-order valence-corrected chi connectivity index (χ4v) is 4.54. The van der Waals surface area contributed by atoms with Crippen LogP contribution in [0.5, 0.6) is 0 Å². The van der Waals surface area contributed by atoms with Crippen LogP contribution >= 0.6 is 34.4 Å². The minimum absolute atomic E-state index is 0.315. The summed E-state index contributed by atoms with van der Waals surface area (Å²) < 4.78 is 1.15. The molecule has 23 heavy (non-hydrogen) atoms. The number of benzene rings is 2. The molecule has 0 N–H and O–H groups in total. The SMILES string of the molecule is CC(c1ccccc1)N(Cc1ccccc1)C1=NCC(CI)S1. The van der Waals surface area contributed by atoms with Crippen LogP contribution in [-0.2, 0) is 6.54 Å². The van der Waals surface area contributed by atoms with Crippen LogP contribution in [0.15, 0.2) is 65.7 Å². The quantitative estimate of drug-likeness (QED) is 0.476. The lowest BCUT2D eigenvalue weighted by molar-refractivity contribution is 0.336. The first-order valence-corrected chi connectivity index (χ1v) is 10.3. The first kappa shape index (κ1) is 16.8. The summed E-state index contributed by atoms with van der Waals surface area (Å²) in [5.74, 6) is 0. The van der Waals surface area contributed by atoms with Crippen molar-refractivity contribution >= 4 is 39.5 Å². The molecule has 0 spiro atoms. The first-order chi connectivity index (χ1) is 11.3. The van der Waals surface area contributed by atoms with Crippen molar-refractivity contribution in [1.82, 2.24) is 4.90 Å². The fraction of sp³-hybridized carbons (Fsp3) is 0.316. The number of halogens is 1. The van der Waals surface area contributed by atoms with Gasteiger partial charge in [-0.2, -0.15) is 0 Å². The summed E-state index contributed by atoms with van der Waals surface area (Å²) in [6, 6.07) is 21.7. The van der Waals surface area contributed by atoms with Crippen molar-refractivity contribution in [3.05, 3.63) is 71.8 Å². The molecule has 1 aliphatic heterocycles. The van der Waals surface area contributed by atoms with Gasteiger partial charge in [0, 0.05) is 16.2 Å². The number of rotatable bonds is 5. The largest absolute Gasteiger partial charge is 0.340 e. The van der Waals surface area contributed by atoms with Crippen LogP contribution in [0.1, 0.15) is 24.1 Å². The smallest absolute Gasteiger partial charge is 0.160 e. The maximum Gasteiger partial charge on any atom is 0.160 e. The van der Waals surface area contributed by atoms with Crippen molar-refractivity contribution < 1.29 is 0 Å². The van der Waals surface area contributed by atoms with Crippen molar-refractivity contribution in [3.8, 4) is 0 Å². The minimum atomic E-state index is 0.315. The van der Waals surface area contributed by atoms with Gasteiger partial charge < -0.3 is 4.90 Å². The standard InChI is InChI=1S/C19H21IN2S/c1-15(17-10-6-3-7-11-17)22(14-16-8-4-2-5-9-16)19-21-13-18(12-20)23-19/h2-11,15,18H,12-14H2,1H3. The highest BCUT2D eigenvalue weighted by Crippen LogP contribution is 2.32. The van der Waals surface area contributed by atoms with Crippen molar-refractivity contribution in [2.75, 3.05) is 11.0 Å². The number of aliphatic imine (C=N–C) groups is 1. The van der Waals surface area contributed by atoms with Gasteiger partial charge in [-0.15, -0.1) is 0 Å². The van der Waals surface area contributed by atoms with E-state index in [-0.39, 0.29) is 0 Å². The summed E-state index contributed by atoms with van der Waals surface area (Å²) in [7, 11) is 0. The van der Waals surface area contributed by atoms with Crippen LogP contribution in [0.25, 0.3) is 0 Å². The summed E-state index contributed by atoms with van der Waals surface area (Å²) in [6.45, 7) is 4.12. The third-order valence-corrected chi connectivity index (χ3v) is 6.95. The van der Waals surface area contributed by atoms with Crippen molar-refractivity contribution in [2.45, 2.75) is 24.8 Å². The third-order valence-electron chi connectivity index (χ3n) is 4.07. The highest BCUT2D eigenvalue weighted by molar-refractivity contribution is 14.1. The topological polar surface area (TPSA) is 15.6 Å². The van der Waals surface area contributed by atoms with E-state index in [2.05, 4.69) is 95.1 Å². The molecule has 0 saturated carbocycles. The van der Waals surface area contributed by atoms with Gasteiger partial charge in [0.25, 0.3) is 0 Å². The molecule has 0 amide bonds. The summed E-state index contributed by atoms with van der Waals surface area (Å²) in [5, 5.41) is 1.80. The molecule has 4 heteroatoms. The Bertz CT molecular complexity index is 645. The van der Waals surface area contributed by atoms with E-state index >= 15 is 0 Å². The molecule has 2 aromatic rings. The lowest BCUT2D eigenvalue weighted by Gasteiger charge is -2.31. The molecule has 2 aromatic carbocycles. The van der Waals surface area contributed by atoms with E-state index in [9.17, 15) is 0 Å². The summed E-state index contributed by atoms with van der Waals surface area (Å²) in [4.78, 5) is 7.28. The Morgan fingerprint density at radius 1 is 1.13 bits per heavy atom. The van der Waals surface area contributed by atoms with Crippen molar-refractivity contribution in [3.63, 3.8) is 0 Å². The third kappa shape index (κ3) is 4.29. The molecular formula is C19H21IN2S. The van der Waals surface area contributed by atoms with Gasteiger partial charge in [0.2, 0.25) is 0 Å². The van der Waals surface area contributed by atoms with E-state index in [1.165, 1.54) is 16.3 Å². The zero-order chi connectivity index (χ0) is 16.1. The molecule has 0 saturated heterocycles. The molecule has 1 aliphatic rings. The van der Waals surface area contributed by atoms with Gasteiger partial charge >= 0.3 is 0 Å². The van der Waals surface area contributed by atoms with Gasteiger partial charge in [-0.05, 0) is 18.1 Å². The Morgan fingerprint density at radius 2 is 1.78 bits per heavy atom. The maximum absolute atomic E-state index is 4.83. The van der Waals surface area contributed by atoms with E-state index in [0.29, 0.717) is 11.3 Å². The van der Waals surface area contributed by atoms with E-state index in [4.69, 9.17) is 4.99 Å². The number of hydrogen-bond acceptors (Lipinski definition) is 3. The van der Waals surface area contributed by atoms with E-state index in [1.54, 1.807) is 0 Å². The molecule has 2 atom stereocenters. The molecule has 0 bridgehead atoms. The van der Waals surface area contributed by atoms with Crippen LogP contribution < -0.4 is 0 Å². The second kappa shape index (κ2) is 8.20. The number of nitrogens with zero attached hydrogens (tertiary/aromatic N) is 2. The predicted molar refractivity (Wildman–Crippen MR) is 109 cm³/mol. The number of thioether (sulfide) groups is 1. The molecule has 2 nitrogen and oxygen atoms in total. The fourth-order valence-electron chi connectivity index (χ4n) is 2.70. The van der Waals surface area contributed by atoms with Gasteiger partial charge in [0.1, 0.15) is 0 Å². The Labute approximate surface area is 156 Å². The van der Waals surface area contributed by atoms with E-state index in [0.717, 1.165) is 17.5 Å². The number of hydrogen-bond donors (Lipinski definition) is 0. The van der Waals surface area contributed by atoms with Crippen molar-refractivity contribution in [2.24, 2.45) is 4.99 Å². The Morgan fingerprint density at radius 3 is 2.39 bits per heavy atom. The normalized spacial score (nSPS) is 18.5. The van der Waals surface area contributed by atoms with Gasteiger partial charge in [0.15, 0.2) is 5.17 Å². The molecule has 0 radical (unpaired) electrons. The van der Waals surface area contributed by atoms with Crippen LogP contribution in [0.2, 0.25) is 0 Å². The van der Waals surface area contributed by atoms with Crippen LogP contribution in [-0.4, -0.2) is 26.3 Å². The number of alkyl halides is 1. The summed E-state index contributed by atoms with van der Waals surface area (Å²) in [5.41, 5.74) is 2.67. The maximum atomic E-state index is 4.83. The molecule has 0 aromatic heterocycles. The zero-order valence-electron chi connectivity index (χ0n) is 13.2. The Hall–Kier alpha value is -1.01. The summed E-state index contributed by atoms with van der Waals surface area (Å²) >= 11 is 4.39. The molecular weight excluding hydrogens is 415 g/mol. The van der Waals surface area contributed by atoms with Gasteiger partial charge in [0.05, 0.1) is 12.6 Å². The van der Waals surface area contributed by atoms with Crippen LogP contribution in [0, 0.1) is 0 Å². The lowest BCUT2D eigenvalue weighted by atomic mass is 10.1. The zero-order valence-corrected chi connectivity index (χ0v) is 16.2. The van der Waals surface area contributed by atoms with E-state index < -0.39 is 0 Å². The Kier molecular flexibility index (Phi) is 6.00. The average Bonchev–Trinajstić information content (AvgIpc) is 3.09. The first-order valence-electron chi connectivity index (χ1n) is 7.90. The molecule has 0 fully saturated rings. The highest BCUT2D eigenvalue weighted by Gasteiger charge is 2.27. The van der Waals surface area contributed by atoms with Crippen LogP contribution in [0.4, 0.5) is 0 Å². The lowest BCUT2D eigenvalue weighted by Crippen LogP contribution is -2.30. The van der Waals surface area contributed by atoms with E-state index in [1.807, 2.05) is 11.8 Å². The molecule has 2 unspecified atom stereocenters. The van der Waals surface area contributed by atoms with Gasteiger partial charge in [-0.3, -0.25) is 4.99 Å². The summed E-state index contributed by atoms with van der Waals surface area (Å²) in [6.07, 6.45) is 0. The number of amidine groups is 1. The monoisotopic (exact) mass is 436 g/mol. The minimum Gasteiger partial charge on any atom is -0.340 e. The molecule has 120 valence electrons. The second-order valence-electron chi connectivity index (χ2n) is 5.72. The molecule has 0 aliphatic carbocycles. The van der Waals surface area contributed by atoms with Crippen LogP contribution in [0.3, 0.4) is 0 Å².